The summed E-state index contributed by atoms with van der Waals surface area (Å²) in [7, 11) is -2.50. The van der Waals surface area contributed by atoms with E-state index in [0.717, 1.165) is 11.3 Å². The Bertz CT molecular complexity index is 901. The molecule has 0 aliphatic rings. The average molecular weight is 597 g/mol. The summed E-state index contributed by atoms with van der Waals surface area (Å²) in [6, 6.07) is 7.96. The van der Waals surface area contributed by atoms with Crippen LogP contribution in [0.4, 0.5) is 0 Å². The molecule has 8 heteroatoms. The van der Waals surface area contributed by atoms with E-state index in [-0.39, 0.29) is 40.1 Å². The maximum Gasteiger partial charge on any atom is 0.311 e. The van der Waals surface area contributed by atoms with E-state index < -0.39 is 22.6 Å². The van der Waals surface area contributed by atoms with Crippen LogP contribution < -0.4 is 4.74 Å². The standard InChI is InChI=1S/C32H60O6Si2/c1-16-35-30(33)25(4)29(38-40(14,15)32(8,9)10)24(3)28(23(2)21-37-39(12,13)31(5,6)7)36-22-26-17-19-27(34-11)20-18-26/h17-20,23-25,28-29H,16,21-22H2,1-15H3/t23-,24+,25+,28-,29-/m0/s1. The van der Waals surface area contributed by atoms with Crippen LogP contribution in [0.15, 0.2) is 24.3 Å². The highest BCUT2D eigenvalue weighted by molar-refractivity contribution is 6.74. The molecule has 1 aromatic carbocycles. The van der Waals surface area contributed by atoms with Gasteiger partial charge in [0.1, 0.15) is 5.75 Å². The minimum atomic E-state index is -2.22. The predicted octanol–water partition coefficient (Wildman–Crippen LogP) is 8.46. The fourth-order valence-electron chi connectivity index (χ4n) is 4.18. The first-order chi connectivity index (χ1) is 18.2. The third kappa shape index (κ3) is 10.3. The molecule has 40 heavy (non-hydrogen) atoms. The van der Waals surface area contributed by atoms with Gasteiger partial charge in [-0.3, -0.25) is 4.79 Å². The second-order valence-electron chi connectivity index (χ2n) is 14.4. The molecule has 0 heterocycles. The zero-order chi connectivity index (χ0) is 31.1. The van der Waals surface area contributed by atoms with Crippen LogP contribution in [-0.2, 0) is 29.7 Å². The maximum absolute atomic E-state index is 13.1. The van der Waals surface area contributed by atoms with Gasteiger partial charge in [0, 0.05) is 18.4 Å². The quantitative estimate of drug-likeness (QED) is 0.149. The lowest BCUT2D eigenvalue weighted by atomic mass is 9.84. The first-order valence-corrected chi connectivity index (χ1v) is 20.7. The molecule has 0 N–H and O–H groups in total. The van der Waals surface area contributed by atoms with Crippen molar-refractivity contribution in [1.29, 1.82) is 0 Å². The molecule has 0 saturated carbocycles. The van der Waals surface area contributed by atoms with Crippen molar-refractivity contribution in [2.45, 2.75) is 124 Å². The zero-order valence-corrected chi connectivity index (χ0v) is 30.3. The van der Waals surface area contributed by atoms with Crippen molar-refractivity contribution < 1.29 is 27.9 Å². The largest absolute Gasteiger partial charge is 0.497 e. The number of benzene rings is 1. The molecule has 0 unspecified atom stereocenters. The van der Waals surface area contributed by atoms with E-state index in [9.17, 15) is 4.79 Å². The Labute approximate surface area is 248 Å². The summed E-state index contributed by atoms with van der Waals surface area (Å²) in [4.78, 5) is 13.1. The molecule has 1 aromatic rings. The third-order valence-electron chi connectivity index (χ3n) is 9.10. The van der Waals surface area contributed by atoms with Crippen molar-refractivity contribution in [1.82, 2.24) is 0 Å². The summed E-state index contributed by atoms with van der Waals surface area (Å²) in [6.45, 7) is 32.0. The van der Waals surface area contributed by atoms with Gasteiger partial charge in [0.15, 0.2) is 16.6 Å². The molecule has 0 radical (unpaired) electrons. The Hall–Kier alpha value is -1.20. The molecular formula is C32H60O6Si2. The molecule has 5 atom stereocenters. The van der Waals surface area contributed by atoms with Crippen molar-refractivity contribution in [2.75, 3.05) is 20.3 Å². The molecule has 0 aliphatic carbocycles. The van der Waals surface area contributed by atoms with Crippen LogP contribution in [0.1, 0.15) is 74.8 Å². The summed E-state index contributed by atoms with van der Waals surface area (Å²) in [5.41, 5.74) is 1.07. The molecule has 0 amide bonds. The number of esters is 1. The van der Waals surface area contributed by atoms with Gasteiger partial charge in [-0.15, -0.1) is 0 Å². The fourth-order valence-corrected chi connectivity index (χ4v) is 6.74. The normalized spacial score (nSPS) is 17.1. The van der Waals surface area contributed by atoms with Crippen LogP contribution in [0.2, 0.25) is 36.3 Å². The Morgan fingerprint density at radius 3 is 1.82 bits per heavy atom. The van der Waals surface area contributed by atoms with Gasteiger partial charge in [-0.1, -0.05) is 67.5 Å². The summed E-state index contributed by atoms with van der Waals surface area (Å²) in [5, 5.41) is 0.111. The topological polar surface area (TPSA) is 63.2 Å². The fraction of sp³-hybridized carbons (Fsp3) is 0.781. The number of methoxy groups -OCH3 is 1. The van der Waals surface area contributed by atoms with E-state index in [0.29, 0.717) is 19.8 Å². The smallest absolute Gasteiger partial charge is 0.311 e. The predicted molar refractivity (Wildman–Crippen MR) is 171 cm³/mol. The number of ether oxygens (including phenoxy) is 3. The molecular weight excluding hydrogens is 537 g/mol. The summed E-state index contributed by atoms with van der Waals surface area (Å²) < 4.78 is 31.2. The van der Waals surface area contributed by atoms with E-state index in [1.165, 1.54) is 0 Å². The van der Waals surface area contributed by atoms with Crippen LogP contribution in [0, 0.1) is 17.8 Å². The van der Waals surface area contributed by atoms with Crippen molar-refractivity contribution in [2.24, 2.45) is 17.8 Å². The number of carbonyl (C=O) groups excluding carboxylic acids is 1. The lowest BCUT2D eigenvalue weighted by Crippen LogP contribution is -2.52. The van der Waals surface area contributed by atoms with Crippen LogP contribution in [0.5, 0.6) is 5.75 Å². The van der Waals surface area contributed by atoms with E-state index in [4.69, 9.17) is 23.1 Å². The Kier molecular flexibility index (Phi) is 13.6. The van der Waals surface area contributed by atoms with Crippen molar-refractivity contribution >= 4 is 22.6 Å². The minimum absolute atomic E-state index is 0.00411. The molecule has 0 bridgehead atoms. The van der Waals surface area contributed by atoms with Gasteiger partial charge < -0.3 is 23.1 Å². The van der Waals surface area contributed by atoms with Gasteiger partial charge in [-0.2, -0.15) is 0 Å². The molecule has 0 aromatic heterocycles. The monoisotopic (exact) mass is 596 g/mol. The Morgan fingerprint density at radius 1 is 0.850 bits per heavy atom. The minimum Gasteiger partial charge on any atom is -0.497 e. The van der Waals surface area contributed by atoms with Crippen LogP contribution in [-0.4, -0.2) is 55.1 Å². The van der Waals surface area contributed by atoms with Crippen LogP contribution >= 0.6 is 0 Å². The summed E-state index contributed by atoms with van der Waals surface area (Å²) >= 11 is 0. The van der Waals surface area contributed by atoms with Gasteiger partial charge in [0.25, 0.3) is 0 Å². The van der Waals surface area contributed by atoms with Crippen molar-refractivity contribution in [3.63, 3.8) is 0 Å². The number of carbonyl (C=O) groups is 1. The molecule has 0 spiro atoms. The van der Waals surface area contributed by atoms with E-state index >= 15 is 0 Å². The SMILES string of the molecule is CCOC(=O)[C@H](C)[C@@H](O[Si](C)(C)C(C)(C)C)[C@H](C)[C@@H](OCc1ccc(OC)cc1)[C@@H](C)CO[Si](C)(C)C(C)(C)C. The lowest BCUT2D eigenvalue weighted by molar-refractivity contribution is -0.154. The van der Waals surface area contributed by atoms with Crippen molar-refractivity contribution in [3.8, 4) is 5.75 Å². The van der Waals surface area contributed by atoms with E-state index in [1.54, 1.807) is 7.11 Å². The number of hydrogen-bond donors (Lipinski definition) is 0. The Morgan fingerprint density at radius 2 is 1.38 bits per heavy atom. The molecule has 6 nitrogen and oxygen atoms in total. The van der Waals surface area contributed by atoms with Gasteiger partial charge in [-0.05, 0) is 67.8 Å². The molecule has 0 aliphatic heterocycles. The zero-order valence-electron chi connectivity index (χ0n) is 28.3. The van der Waals surface area contributed by atoms with E-state index in [1.807, 2.05) is 38.1 Å². The van der Waals surface area contributed by atoms with Gasteiger partial charge in [0.2, 0.25) is 0 Å². The van der Waals surface area contributed by atoms with Gasteiger partial charge in [0.05, 0.1) is 38.4 Å². The van der Waals surface area contributed by atoms with Crippen LogP contribution in [0.3, 0.4) is 0 Å². The number of rotatable bonds is 15. The van der Waals surface area contributed by atoms with E-state index in [2.05, 4.69) is 81.6 Å². The highest BCUT2D eigenvalue weighted by atomic mass is 28.4. The summed E-state index contributed by atoms with van der Waals surface area (Å²) in [5.74, 6) is 0.171. The van der Waals surface area contributed by atoms with Crippen molar-refractivity contribution in [3.05, 3.63) is 29.8 Å². The maximum atomic E-state index is 13.1. The van der Waals surface area contributed by atoms with Gasteiger partial charge >= 0.3 is 5.97 Å². The Balaban J connectivity index is 3.41. The van der Waals surface area contributed by atoms with Crippen LogP contribution in [0.25, 0.3) is 0 Å². The lowest BCUT2D eigenvalue weighted by Gasteiger charge is -2.45. The molecule has 1 rings (SSSR count). The first-order valence-electron chi connectivity index (χ1n) is 14.9. The highest BCUT2D eigenvalue weighted by Crippen LogP contribution is 2.41. The number of hydrogen-bond acceptors (Lipinski definition) is 6. The molecule has 0 fully saturated rings. The average Bonchev–Trinajstić information content (AvgIpc) is 2.84. The first kappa shape index (κ1) is 36.8. The third-order valence-corrected chi connectivity index (χ3v) is 18.1. The van der Waals surface area contributed by atoms with Gasteiger partial charge in [-0.25, -0.2) is 0 Å². The second-order valence-corrected chi connectivity index (χ2v) is 24.0. The molecule has 0 saturated heterocycles. The second kappa shape index (κ2) is 14.8. The highest BCUT2D eigenvalue weighted by Gasteiger charge is 2.46. The summed E-state index contributed by atoms with van der Waals surface area (Å²) in [6.07, 6.45) is -0.547. The molecule has 232 valence electrons.